The van der Waals surface area contributed by atoms with E-state index < -0.39 is 12.1 Å². The van der Waals surface area contributed by atoms with Crippen molar-refractivity contribution in [3.63, 3.8) is 0 Å². The second-order valence-corrected chi connectivity index (χ2v) is 17.9. The number of carbonyl (C=O) groups excluding carboxylic acids is 2. The lowest BCUT2D eigenvalue weighted by molar-refractivity contribution is -0.143. The van der Waals surface area contributed by atoms with E-state index in [1.807, 2.05) is 6.08 Å². The highest BCUT2D eigenvalue weighted by atomic mass is 16.5. The van der Waals surface area contributed by atoms with Crippen molar-refractivity contribution in [3.8, 4) is 0 Å². The van der Waals surface area contributed by atoms with Gasteiger partial charge in [0.15, 0.2) is 0 Å². The number of nitrogens with one attached hydrogen (secondary N) is 1. The van der Waals surface area contributed by atoms with Gasteiger partial charge in [0, 0.05) is 12.8 Å². The van der Waals surface area contributed by atoms with Crippen LogP contribution in [0.2, 0.25) is 0 Å². The van der Waals surface area contributed by atoms with Gasteiger partial charge in [-0.1, -0.05) is 237 Å². The molecule has 0 saturated heterocycles. The average molecular weight is 832 g/mol. The van der Waals surface area contributed by atoms with Crippen LogP contribution < -0.4 is 5.32 Å². The Morgan fingerprint density at radius 1 is 0.458 bits per heavy atom. The molecular weight excluding hydrogens is 731 g/mol. The molecule has 3 N–H and O–H groups in total. The minimum absolute atomic E-state index is 0.0219. The van der Waals surface area contributed by atoms with Crippen molar-refractivity contribution >= 4 is 11.9 Å². The largest absolute Gasteiger partial charge is 0.466 e. The fourth-order valence-corrected chi connectivity index (χ4v) is 7.91. The van der Waals surface area contributed by atoms with Gasteiger partial charge in [-0.05, 0) is 51.4 Å². The van der Waals surface area contributed by atoms with Crippen molar-refractivity contribution in [3.05, 3.63) is 24.3 Å². The molecular formula is C53H101NO5. The Morgan fingerprint density at radius 3 is 1.25 bits per heavy atom. The van der Waals surface area contributed by atoms with Gasteiger partial charge in [-0.25, -0.2) is 0 Å². The van der Waals surface area contributed by atoms with Crippen LogP contribution in [0.4, 0.5) is 0 Å². The number of esters is 1. The third-order valence-corrected chi connectivity index (χ3v) is 12.0. The van der Waals surface area contributed by atoms with E-state index in [2.05, 4.69) is 31.3 Å². The lowest BCUT2D eigenvalue weighted by Gasteiger charge is -2.20. The zero-order valence-corrected chi connectivity index (χ0v) is 39.5. The van der Waals surface area contributed by atoms with Crippen LogP contribution in [-0.2, 0) is 14.3 Å². The summed E-state index contributed by atoms with van der Waals surface area (Å²) in [5.74, 6) is -0.105. The van der Waals surface area contributed by atoms with Crippen molar-refractivity contribution < 1.29 is 24.5 Å². The molecule has 0 rings (SSSR count). The second-order valence-electron chi connectivity index (χ2n) is 17.9. The highest BCUT2D eigenvalue weighted by Gasteiger charge is 2.18. The van der Waals surface area contributed by atoms with E-state index in [-0.39, 0.29) is 18.5 Å². The standard InChI is InChI=1S/C53H101NO5/c1-3-5-7-9-11-13-15-16-17-18-19-20-21-22-26-29-33-37-41-45-51(56)50(49-55)54-52(57)46-42-38-34-30-27-23-24-28-32-36-40-44-48-59-53(58)47-43-39-35-31-25-14-12-10-8-6-4-2/h10,12,41,45,50-51,55-56H,3-9,11,13-40,42-44,46-49H2,1-2H3,(H,54,57)/b12-10-,45-41+. The van der Waals surface area contributed by atoms with Gasteiger partial charge in [-0.2, -0.15) is 0 Å². The summed E-state index contributed by atoms with van der Waals surface area (Å²) in [6.07, 6.45) is 57.5. The molecule has 1 amide bonds. The number of ether oxygens (including phenoxy) is 1. The van der Waals surface area contributed by atoms with E-state index in [1.165, 1.54) is 193 Å². The third kappa shape index (κ3) is 45.7. The first kappa shape index (κ1) is 57.3. The number of hydrogen-bond donors (Lipinski definition) is 3. The first-order chi connectivity index (χ1) is 29.0. The van der Waals surface area contributed by atoms with Gasteiger partial charge in [-0.15, -0.1) is 0 Å². The van der Waals surface area contributed by atoms with Gasteiger partial charge in [-0.3, -0.25) is 9.59 Å². The minimum Gasteiger partial charge on any atom is -0.466 e. The smallest absolute Gasteiger partial charge is 0.305 e. The summed E-state index contributed by atoms with van der Waals surface area (Å²) in [6, 6.07) is -0.640. The van der Waals surface area contributed by atoms with E-state index in [0.29, 0.717) is 19.4 Å². The molecule has 0 spiro atoms. The van der Waals surface area contributed by atoms with Gasteiger partial charge < -0.3 is 20.3 Å². The summed E-state index contributed by atoms with van der Waals surface area (Å²) in [4.78, 5) is 24.4. The summed E-state index contributed by atoms with van der Waals surface area (Å²) in [6.45, 7) is 4.83. The predicted octanol–water partition coefficient (Wildman–Crippen LogP) is 15.5. The molecule has 2 unspecified atom stereocenters. The topological polar surface area (TPSA) is 95.9 Å². The molecule has 6 nitrogen and oxygen atoms in total. The number of aliphatic hydroxyl groups excluding tert-OH is 2. The lowest BCUT2D eigenvalue weighted by atomic mass is 10.0. The molecule has 6 heteroatoms. The number of aliphatic hydroxyl groups is 2. The molecule has 0 aromatic carbocycles. The zero-order chi connectivity index (χ0) is 43.0. The Labute approximate surface area is 367 Å². The molecule has 0 aromatic heterocycles. The number of unbranched alkanes of at least 4 members (excludes halogenated alkanes) is 35. The van der Waals surface area contributed by atoms with E-state index in [1.54, 1.807) is 6.08 Å². The molecule has 0 aliphatic heterocycles. The van der Waals surface area contributed by atoms with Gasteiger partial charge in [0.25, 0.3) is 0 Å². The van der Waals surface area contributed by atoms with Crippen LogP contribution in [0.15, 0.2) is 24.3 Å². The monoisotopic (exact) mass is 832 g/mol. The van der Waals surface area contributed by atoms with Crippen LogP contribution in [-0.4, -0.2) is 47.4 Å². The summed E-state index contributed by atoms with van der Waals surface area (Å²) in [5.41, 5.74) is 0. The highest BCUT2D eigenvalue weighted by Crippen LogP contribution is 2.16. The van der Waals surface area contributed by atoms with Crippen molar-refractivity contribution in [1.82, 2.24) is 5.32 Å². The van der Waals surface area contributed by atoms with Gasteiger partial charge in [0.05, 0.1) is 25.4 Å². The summed E-state index contributed by atoms with van der Waals surface area (Å²) in [7, 11) is 0. The van der Waals surface area contributed by atoms with E-state index in [4.69, 9.17) is 4.74 Å². The fourth-order valence-electron chi connectivity index (χ4n) is 7.91. The maximum absolute atomic E-state index is 12.4. The number of amides is 1. The molecule has 2 atom stereocenters. The van der Waals surface area contributed by atoms with Crippen LogP contribution in [0, 0.1) is 0 Å². The summed E-state index contributed by atoms with van der Waals surface area (Å²) < 4.78 is 5.43. The van der Waals surface area contributed by atoms with Gasteiger partial charge in [0.1, 0.15) is 0 Å². The van der Waals surface area contributed by atoms with E-state index in [9.17, 15) is 19.8 Å². The van der Waals surface area contributed by atoms with E-state index >= 15 is 0 Å². The first-order valence-electron chi connectivity index (χ1n) is 26.1. The van der Waals surface area contributed by atoms with Crippen LogP contribution >= 0.6 is 0 Å². The van der Waals surface area contributed by atoms with Crippen molar-refractivity contribution in [1.29, 1.82) is 0 Å². The molecule has 59 heavy (non-hydrogen) atoms. The van der Waals surface area contributed by atoms with Gasteiger partial charge >= 0.3 is 5.97 Å². The summed E-state index contributed by atoms with van der Waals surface area (Å²) >= 11 is 0. The first-order valence-corrected chi connectivity index (χ1v) is 26.1. The van der Waals surface area contributed by atoms with Crippen molar-refractivity contribution in [2.24, 2.45) is 0 Å². The maximum Gasteiger partial charge on any atom is 0.305 e. The number of allylic oxidation sites excluding steroid dienone is 3. The second kappa shape index (κ2) is 49.0. The molecule has 0 aliphatic rings. The minimum atomic E-state index is -0.855. The van der Waals surface area contributed by atoms with Crippen molar-refractivity contribution in [2.45, 2.75) is 289 Å². The maximum atomic E-state index is 12.4. The zero-order valence-electron chi connectivity index (χ0n) is 39.5. The quantitative estimate of drug-likeness (QED) is 0.0322. The number of carbonyl (C=O) groups is 2. The molecule has 0 aromatic rings. The van der Waals surface area contributed by atoms with Crippen LogP contribution in [0.5, 0.6) is 0 Å². The van der Waals surface area contributed by atoms with Crippen LogP contribution in [0.25, 0.3) is 0 Å². The molecule has 0 radical (unpaired) electrons. The Hall–Kier alpha value is -1.66. The summed E-state index contributed by atoms with van der Waals surface area (Å²) in [5, 5.41) is 23.1. The third-order valence-electron chi connectivity index (χ3n) is 12.0. The SMILES string of the molecule is CCCC/C=C\CCCCCCCC(=O)OCCCCCCCCCCCCCCC(=O)NC(CO)C(O)/C=C/CCCCCCCCCCCCCCCCCCC. The molecule has 0 aliphatic carbocycles. The Morgan fingerprint density at radius 2 is 0.814 bits per heavy atom. The predicted molar refractivity (Wildman–Crippen MR) is 255 cm³/mol. The van der Waals surface area contributed by atoms with Crippen LogP contribution in [0.3, 0.4) is 0 Å². The lowest BCUT2D eigenvalue weighted by Crippen LogP contribution is -2.45. The molecule has 0 heterocycles. The Bertz CT molecular complexity index is 920. The molecule has 0 fully saturated rings. The normalized spacial score (nSPS) is 12.8. The molecule has 348 valence electrons. The highest BCUT2D eigenvalue weighted by molar-refractivity contribution is 5.76. The Kier molecular flexibility index (Phi) is 47.6. The number of rotatable bonds is 48. The van der Waals surface area contributed by atoms with Crippen molar-refractivity contribution in [2.75, 3.05) is 13.2 Å². The fraction of sp³-hybridized carbons (Fsp3) is 0.887. The average Bonchev–Trinajstić information content (AvgIpc) is 3.24. The Balaban J connectivity index is 3.51. The van der Waals surface area contributed by atoms with E-state index in [0.717, 1.165) is 57.8 Å². The van der Waals surface area contributed by atoms with Gasteiger partial charge in [0.2, 0.25) is 5.91 Å². The molecule has 0 saturated carbocycles. The molecule has 0 bridgehead atoms. The van der Waals surface area contributed by atoms with Crippen LogP contribution in [0.1, 0.15) is 277 Å². The number of hydrogen-bond acceptors (Lipinski definition) is 5.